The van der Waals surface area contributed by atoms with Crippen molar-refractivity contribution < 1.29 is 17.6 Å². The molecule has 0 bridgehead atoms. The molecule has 2 aromatic carbocycles. The van der Waals surface area contributed by atoms with Gasteiger partial charge in [0, 0.05) is 0 Å². The number of para-hydroxylation sites is 1. The van der Waals surface area contributed by atoms with Crippen LogP contribution in [0.4, 0.5) is 10.1 Å². The normalized spacial score (nSPS) is 13.6. The van der Waals surface area contributed by atoms with Crippen molar-refractivity contribution in [2.24, 2.45) is 0 Å². The van der Waals surface area contributed by atoms with Gasteiger partial charge >= 0.3 is 0 Å². The molecule has 0 aliphatic heterocycles. The number of carbonyl (C=O) groups excluding carboxylic acids is 1. The van der Waals surface area contributed by atoms with Gasteiger partial charge in [-0.05, 0) is 43.0 Å². The van der Waals surface area contributed by atoms with Crippen LogP contribution in [0.1, 0.15) is 44.4 Å². The molecule has 0 fully saturated rings. The van der Waals surface area contributed by atoms with Crippen molar-refractivity contribution in [1.29, 1.82) is 0 Å². The maximum Gasteiger partial charge on any atom is 0.244 e. The molecule has 0 unspecified atom stereocenters. The van der Waals surface area contributed by atoms with Gasteiger partial charge < -0.3 is 5.32 Å². The molecule has 2 atom stereocenters. The van der Waals surface area contributed by atoms with Crippen molar-refractivity contribution in [2.75, 3.05) is 10.6 Å². The maximum atomic E-state index is 14.3. The second kappa shape index (κ2) is 9.19. The Labute approximate surface area is 166 Å². The number of hydrogen-bond donors (Lipinski definition) is 1. The Morgan fingerprint density at radius 2 is 1.71 bits per heavy atom. The lowest BCUT2D eigenvalue weighted by Gasteiger charge is -2.31. The van der Waals surface area contributed by atoms with Gasteiger partial charge in [0.05, 0.1) is 18.0 Å². The first-order valence-electron chi connectivity index (χ1n) is 9.32. The van der Waals surface area contributed by atoms with E-state index in [4.69, 9.17) is 0 Å². The summed E-state index contributed by atoms with van der Waals surface area (Å²) >= 11 is 0. The van der Waals surface area contributed by atoms with Gasteiger partial charge in [0.15, 0.2) is 0 Å². The van der Waals surface area contributed by atoms with Gasteiger partial charge in [-0.1, -0.05) is 50.2 Å². The molecular formula is C21H27FN2O3S. The predicted molar refractivity (Wildman–Crippen MR) is 110 cm³/mol. The minimum atomic E-state index is -3.87. The highest BCUT2D eigenvalue weighted by atomic mass is 32.2. The largest absolute Gasteiger partial charge is 0.348 e. The number of sulfonamides is 1. The summed E-state index contributed by atoms with van der Waals surface area (Å²) < 4.78 is 39.9. The zero-order chi connectivity index (χ0) is 20.9. The fraction of sp³-hybridized carbons (Fsp3) is 0.381. The number of carbonyl (C=O) groups is 1. The second-order valence-corrected chi connectivity index (χ2v) is 8.62. The van der Waals surface area contributed by atoms with Gasteiger partial charge in [0.25, 0.3) is 0 Å². The minimum Gasteiger partial charge on any atom is -0.348 e. The van der Waals surface area contributed by atoms with Crippen LogP contribution in [0.15, 0.2) is 48.5 Å². The van der Waals surface area contributed by atoms with Crippen LogP contribution in [-0.2, 0) is 21.2 Å². The third-order valence-corrected chi connectivity index (χ3v) is 5.83. The summed E-state index contributed by atoms with van der Waals surface area (Å²) in [6.45, 7) is 5.60. The van der Waals surface area contributed by atoms with Crippen molar-refractivity contribution in [3.8, 4) is 0 Å². The first-order valence-corrected chi connectivity index (χ1v) is 11.2. The highest BCUT2D eigenvalue weighted by Gasteiger charge is 2.33. The summed E-state index contributed by atoms with van der Waals surface area (Å²) in [5, 5.41) is 2.86. The fourth-order valence-corrected chi connectivity index (χ4v) is 4.31. The highest BCUT2D eigenvalue weighted by Crippen LogP contribution is 2.26. The van der Waals surface area contributed by atoms with Crippen molar-refractivity contribution in [1.82, 2.24) is 5.32 Å². The molecule has 1 N–H and O–H groups in total. The van der Waals surface area contributed by atoms with E-state index < -0.39 is 27.8 Å². The molecule has 0 saturated carbocycles. The van der Waals surface area contributed by atoms with Gasteiger partial charge in [0.1, 0.15) is 11.9 Å². The lowest BCUT2D eigenvalue weighted by Crippen LogP contribution is -2.50. The van der Waals surface area contributed by atoms with Gasteiger partial charge in [0.2, 0.25) is 15.9 Å². The zero-order valence-corrected chi connectivity index (χ0v) is 17.5. The Bertz CT molecular complexity index is 914. The summed E-state index contributed by atoms with van der Waals surface area (Å²) in [6.07, 6.45) is 2.10. The minimum absolute atomic E-state index is 0.132. The molecule has 152 valence electrons. The van der Waals surface area contributed by atoms with Crippen LogP contribution in [0.2, 0.25) is 0 Å². The van der Waals surface area contributed by atoms with Crippen molar-refractivity contribution >= 4 is 21.6 Å². The number of halogens is 1. The topological polar surface area (TPSA) is 66.5 Å². The summed E-state index contributed by atoms with van der Waals surface area (Å²) in [7, 11) is -3.87. The fourth-order valence-electron chi connectivity index (χ4n) is 3.10. The number of nitrogens with zero attached hydrogens (tertiary/aromatic N) is 1. The average Bonchev–Trinajstić information content (AvgIpc) is 2.65. The van der Waals surface area contributed by atoms with E-state index in [-0.39, 0.29) is 18.2 Å². The first-order chi connectivity index (χ1) is 13.2. The molecule has 1 amide bonds. The number of aryl methyl sites for hydroxylation is 1. The SMILES string of the molecule is CCc1ccc([C@@H](C)NC(=O)[C@H](CC)N(c2ccccc2F)S(C)(=O)=O)cc1. The molecule has 0 saturated heterocycles. The van der Waals surface area contributed by atoms with Crippen LogP contribution in [0.25, 0.3) is 0 Å². The summed E-state index contributed by atoms with van der Waals surface area (Å²) in [5.41, 5.74) is 1.97. The lowest BCUT2D eigenvalue weighted by atomic mass is 10.0. The van der Waals surface area contributed by atoms with Gasteiger partial charge in [-0.2, -0.15) is 0 Å². The Morgan fingerprint density at radius 1 is 1.11 bits per heavy atom. The van der Waals surface area contributed by atoms with Gasteiger partial charge in [-0.15, -0.1) is 0 Å². The Morgan fingerprint density at radius 3 is 2.21 bits per heavy atom. The number of amides is 1. The van der Waals surface area contributed by atoms with E-state index in [1.54, 1.807) is 13.0 Å². The Balaban J connectivity index is 2.29. The molecular weight excluding hydrogens is 379 g/mol. The number of benzene rings is 2. The number of hydrogen-bond acceptors (Lipinski definition) is 3. The molecule has 2 rings (SSSR count). The monoisotopic (exact) mass is 406 g/mol. The number of rotatable bonds is 8. The second-order valence-electron chi connectivity index (χ2n) is 6.76. The van der Waals surface area contributed by atoms with Crippen LogP contribution in [0, 0.1) is 5.82 Å². The Hall–Kier alpha value is -2.41. The smallest absolute Gasteiger partial charge is 0.244 e. The molecule has 0 spiro atoms. The number of anilines is 1. The predicted octanol–water partition coefficient (Wildman–Crippen LogP) is 3.81. The standard InChI is InChI=1S/C21H27FN2O3S/c1-5-16-11-13-17(14-12-16)15(3)23-21(25)19(6-2)24(28(4,26)27)20-10-8-7-9-18(20)22/h7-15,19H,5-6H2,1-4H3,(H,23,25)/t15-,19+/m1/s1. The van der Waals surface area contributed by atoms with E-state index in [1.807, 2.05) is 31.2 Å². The maximum absolute atomic E-state index is 14.3. The molecule has 0 aliphatic carbocycles. The molecule has 0 aliphatic rings. The quantitative estimate of drug-likeness (QED) is 0.725. The van der Waals surface area contributed by atoms with Crippen molar-refractivity contribution in [2.45, 2.75) is 45.7 Å². The summed E-state index contributed by atoms with van der Waals surface area (Å²) in [4.78, 5) is 12.9. The molecule has 0 heterocycles. The number of nitrogens with one attached hydrogen (secondary N) is 1. The average molecular weight is 407 g/mol. The first kappa shape index (κ1) is 21.9. The molecule has 2 aromatic rings. The molecule has 28 heavy (non-hydrogen) atoms. The molecule has 0 aromatic heterocycles. The van der Waals surface area contributed by atoms with Gasteiger partial charge in [-0.25, -0.2) is 12.8 Å². The zero-order valence-electron chi connectivity index (χ0n) is 16.6. The van der Waals surface area contributed by atoms with E-state index in [9.17, 15) is 17.6 Å². The van der Waals surface area contributed by atoms with E-state index >= 15 is 0 Å². The third-order valence-electron chi connectivity index (χ3n) is 4.67. The van der Waals surface area contributed by atoms with E-state index in [1.165, 1.54) is 23.8 Å². The van der Waals surface area contributed by atoms with Crippen LogP contribution >= 0.6 is 0 Å². The van der Waals surface area contributed by atoms with E-state index in [0.29, 0.717) is 0 Å². The Kier molecular flexibility index (Phi) is 7.18. The summed E-state index contributed by atoms with van der Waals surface area (Å²) in [5.74, 6) is -1.16. The van der Waals surface area contributed by atoms with Crippen molar-refractivity contribution in [3.63, 3.8) is 0 Å². The van der Waals surface area contributed by atoms with Crippen LogP contribution in [0.3, 0.4) is 0 Å². The highest BCUT2D eigenvalue weighted by molar-refractivity contribution is 7.92. The van der Waals surface area contributed by atoms with Gasteiger partial charge in [-0.3, -0.25) is 9.10 Å². The van der Waals surface area contributed by atoms with Crippen LogP contribution in [0.5, 0.6) is 0 Å². The lowest BCUT2D eigenvalue weighted by molar-refractivity contribution is -0.122. The third kappa shape index (κ3) is 5.10. The van der Waals surface area contributed by atoms with E-state index in [0.717, 1.165) is 22.5 Å². The molecule has 5 nitrogen and oxygen atoms in total. The van der Waals surface area contributed by atoms with Crippen LogP contribution < -0.4 is 9.62 Å². The van der Waals surface area contributed by atoms with E-state index in [2.05, 4.69) is 12.2 Å². The molecule has 0 radical (unpaired) electrons. The van der Waals surface area contributed by atoms with Crippen LogP contribution in [-0.4, -0.2) is 26.6 Å². The molecule has 7 heteroatoms. The summed E-state index contributed by atoms with van der Waals surface area (Å²) in [6, 6.07) is 12.1. The van der Waals surface area contributed by atoms with Crippen molar-refractivity contribution in [3.05, 3.63) is 65.5 Å².